The zero-order valence-electron chi connectivity index (χ0n) is 5.06. The summed E-state index contributed by atoms with van der Waals surface area (Å²) in [4.78, 5) is 0. The molecule has 3 heteroatoms. The molecule has 0 atom stereocenters. The molecule has 0 heterocycles. The van der Waals surface area contributed by atoms with E-state index in [0.29, 0.717) is 5.02 Å². The fourth-order valence-corrected chi connectivity index (χ4v) is 0.746. The second-order valence-electron chi connectivity index (χ2n) is 1.93. The van der Waals surface area contributed by atoms with Crippen LogP contribution in [0.25, 0.3) is 0 Å². The average molecular weight is 167 g/mol. The molecule has 0 aliphatic heterocycles. The van der Waals surface area contributed by atoms with Crippen LogP contribution < -0.4 is 0 Å². The van der Waals surface area contributed by atoms with Gasteiger partial charge in [0, 0.05) is 5.02 Å². The van der Waals surface area contributed by atoms with Crippen molar-refractivity contribution < 1.29 is 5.11 Å². The molecule has 0 fully saturated rings. The van der Waals surface area contributed by atoms with Crippen LogP contribution in [0.2, 0.25) is 5.02 Å². The molecule has 0 saturated carbocycles. The molecule has 0 saturated heterocycles. The molecule has 0 radical (unpaired) electrons. The fourth-order valence-electron chi connectivity index (χ4n) is 0.629. The number of hydrogen-bond acceptors (Lipinski definition) is 1. The minimum atomic E-state index is 0. The minimum absolute atomic E-state index is 0. The third-order valence-electron chi connectivity index (χ3n) is 1.14. The van der Waals surface area contributed by atoms with Crippen LogP contribution in [0.4, 0.5) is 0 Å². The second-order valence-corrected chi connectivity index (χ2v) is 2.34. The first-order valence-corrected chi connectivity index (χ1v) is 3.03. The Morgan fingerprint density at radius 1 is 1.40 bits per heavy atom. The molecule has 0 aliphatic rings. The molecular formula is C7H8ClNaO. The molecule has 1 aromatic carbocycles. The first-order chi connectivity index (χ1) is 4.20. The van der Waals surface area contributed by atoms with Gasteiger partial charge >= 0.3 is 29.6 Å². The average Bonchev–Trinajstić information content (AvgIpc) is 1.80. The van der Waals surface area contributed by atoms with E-state index in [1.54, 1.807) is 18.2 Å². The Kier molecular flexibility index (Phi) is 4.37. The van der Waals surface area contributed by atoms with Gasteiger partial charge in [-0.25, -0.2) is 0 Å². The van der Waals surface area contributed by atoms with E-state index >= 15 is 0 Å². The SMILES string of the molecule is Cc1cc(O)ccc1Cl.[NaH]. The first-order valence-electron chi connectivity index (χ1n) is 2.65. The summed E-state index contributed by atoms with van der Waals surface area (Å²) in [6.45, 7) is 1.85. The summed E-state index contributed by atoms with van der Waals surface area (Å²) in [6.07, 6.45) is 0. The normalized spacial score (nSPS) is 8.60. The van der Waals surface area contributed by atoms with Crippen molar-refractivity contribution >= 4 is 41.2 Å². The molecule has 0 spiro atoms. The maximum atomic E-state index is 8.88. The van der Waals surface area contributed by atoms with Crippen LogP contribution in [0.15, 0.2) is 18.2 Å². The van der Waals surface area contributed by atoms with Crippen LogP contribution in [-0.2, 0) is 0 Å². The molecule has 1 rings (SSSR count). The molecule has 0 aliphatic carbocycles. The van der Waals surface area contributed by atoms with Crippen molar-refractivity contribution in [1.82, 2.24) is 0 Å². The van der Waals surface area contributed by atoms with E-state index in [1.165, 1.54) is 0 Å². The van der Waals surface area contributed by atoms with E-state index in [0.717, 1.165) is 5.56 Å². The van der Waals surface area contributed by atoms with Crippen molar-refractivity contribution in [2.45, 2.75) is 6.92 Å². The zero-order valence-corrected chi connectivity index (χ0v) is 5.81. The monoisotopic (exact) mass is 166 g/mol. The molecule has 1 nitrogen and oxygen atoms in total. The summed E-state index contributed by atoms with van der Waals surface area (Å²) in [7, 11) is 0. The van der Waals surface area contributed by atoms with Crippen LogP contribution in [0, 0.1) is 6.92 Å². The molecule has 1 N–H and O–H groups in total. The molecule has 0 aromatic heterocycles. The van der Waals surface area contributed by atoms with Crippen LogP contribution in [0.5, 0.6) is 5.75 Å². The Balaban J connectivity index is 0.000000810. The van der Waals surface area contributed by atoms with Gasteiger partial charge in [-0.05, 0) is 30.7 Å². The summed E-state index contributed by atoms with van der Waals surface area (Å²) in [5.41, 5.74) is 0.900. The summed E-state index contributed by atoms with van der Waals surface area (Å²) in [5.74, 6) is 0.261. The van der Waals surface area contributed by atoms with Gasteiger partial charge in [0.05, 0.1) is 0 Å². The second kappa shape index (κ2) is 4.24. The third kappa shape index (κ3) is 2.51. The predicted octanol–water partition coefficient (Wildman–Crippen LogP) is 1.71. The van der Waals surface area contributed by atoms with Gasteiger partial charge in [0.15, 0.2) is 0 Å². The number of hydrogen-bond donors (Lipinski definition) is 1. The van der Waals surface area contributed by atoms with Crippen molar-refractivity contribution in [3.63, 3.8) is 0 Å². The van der Waals surface area contributed by atoms with Crippen molar-refractivity contribution in [2.75, 3.05) is 0 Å². The Labute approximate surface area is 87.3 Å². The number of aryl methyl sites for hydroxylation is 1. The quantitative estimate of drug-likeness (QED) is 0.582. The number of phenols is 1. The van der Waals surface area contributed by atoms with Gasteiger partial charge in [0.2, 0.25) is 0 Å². The summed E-state index contributed by atoms with van der Waals surface area (Å²) < 4.78 is 0. The number of rotatable bonds is 0. The number of aromatic hydroxyl groups is 1. The van der Waals surface area contributed by atoms with Crippen LogP contribution in [0.3, 0.4) is 0 Å². The first kappa shape index (κ1) is 10.3. The van der Waals surface area contributed by atoms with E-state index in [2.05, 4.69) is 0 Å². The molecule has 50 valence electrons. The predicted molar refractivity (Wildman–Crippen MR) is 45.0 cm³/mol. The van der Waals surface area contributed by atoms with Gasteiger partial charge in [-0.1, -0.05) is 11.6 Å². The van der Waals surface area contributed by atoms with E-state index in [4.69, 9.17) is 16.7 Å². The Bertz CT molecular complexity index is 225. The van der Waals surface area contributed by atoms with E-state index in [1.807, 2.05) is 6.92 Å². The molecule has 0 unspecified atom stereocenters. The molecular weight excluding hydrogens is 159 g/mol. The van der Waals surface area contributed by atoms with Crippen LogP contribution in [-0.4, -0.2) is 34.7 Å². The van der Waals surface area contributed by atoms with Crippen molar-refractivity contribution in [1.29, 1.82) is 0 Å². The van der Waals surface area contributed by atoms with Crippen LogP contribution in [0.1, 0.15) is 5.56 Å². The Hall–Kier alpha value is 0.310. The van der Waals surface area contributed by atoms with E-state index < -0.39 is 0 Å². The number of halogens is 1. The third-order valence-corrected chi connectivity index (χ3v) is 1.57. The summed E-state index contributed by atoms with van der Waals surface area (Å²) >= 11 is 5.67. The topological polar surface area (TPSA) is 20.2 Å². The Morgan fingerprint density at radius 2 is 2.00 bits per heavy atom. The van der Waals surface area contributed by atoms with E-state index in [-0.39, 0.29) is 35.3 Å². The molecule has 10 heavy (non-hydrogen) atoms. The van der Waals surface area contributed by atoms with Crippen molar-refractivity contribution in [3.8, 4) is 5.75 Å². The fraction of sp³-hybridized carbons (Fsp3) is 0.143. The summed E-state index contributed by atoms with van der Waals surface area (Å²) in [5, 5.41) is 9.57. The molecule has 1 aromatic rings. The number of phenolic OH excluding ortho intramolecular Hbond substituents is 1. The van der Waals surface area contributed by atoms with Crippen LogP contribution >= 0.6 is 11.6 Å². The van der Waals surface area contributed by atoms with Gasteiger partial charge in [-0.15, -0.1) is 0 Å². The summed E-state index contributed by atoms with van der Waals surface area (Å²) in [6, 6.07) is 4.86. The van der Waals surface area contributed by atoms with Crippen molar-refractivity contribution in [2.24, 2.45) is 0 Å². The van der Waals surface area contributed by atoms with Gasteiger partial charge in [0.25, 0.3) is 0 Å². The maximum absolute atomic E-state index is 8.88. The van der Waals surface area contributed by atoms with Gasteiger partial charge in [0.1, 0.15) is 5.75 Å². The molecule has 0 bridgehead atoms. The van der Waals surface area contributed by atoms with Gasteiger partial charge in [-0.3, -0.25) is 0 Å². The van der Waals surface area contributed by atoms with Gasteiger partial charge < -0.3 is 5.11 Å². The van der Waals surface area contributed by atoms with E-state index in [9.17, 15) is 0 Å². The standard InChI is InChI=1S/C7H7ClO.Na.H/c1-5-4-6(9)2-3-7(5)8;;/h2-4,9H,1H3;;. The Morgan fingerprint density at radius 3 is 2.40 bits per heavy atom. The zero-order chi connectivity index (χ0) is 6.85. The number of benzene rings is 1. The molecule has 0 amide bonds. The van der Waals surface area contributed by atoms with Crippen molar-refractivity contribution in [3.05, 3.63) is 28.8 Å². The van der Waals surface area contributed by atoms with Gasteiger partial charge in [-0.2, -0.15) is 0 Å².